The summed E-state index contributed by atoms with van der Waals surface area (Å²) in [5.41, 5.74) is 5.50. The van der Waals surface area contributed by atoms with Crippen molar-refractivity contribution in [3.05, 3.63) is 46.8 Å². The molecule has 0 aliphatic heterocycles. The van der Waals surface area contributed by atoms with Crippen LogP contribution in [-0.4, -0.2) is 57.1 Å². The van der Waals surface area contributed by atoms with Gasteiger partial charge < -0.3 is 24.8 Å². The van der Waals surface area contributed by atoms with E-state index in [4.69, 9.17) is 14.4 Å². The number of carbonyl (C=O) groups is 1. The summed E-state index contributed by atoms with van der Waals surface area (Å²) in [5, 5.41) is 25.4. The Morgan fingerprint density at radius 3 is 2.56 bits per heavy atom. The van der Waals surface area contributed by atoms with Gasteiger partial charge >= 0.3 is 0 Å². The maximum Gasteiger partial charge on any atom is 0.259 e. The molecule has 0 saturated carbocycles. The summed E-state index contributed by atoms with van der Waals surface area (Å²) >= 11 is 0. The van der Waals surface area contributed by atoms with E-state index in [0.717, 1.165) is 33.5 Å². The smallest absolute Gasteiger partial charge is 0.259 e. The van der Waals surface area contributed by atoms with Crippen LogP contribution in [0.4, 0.5) is 0 Å². The molecule has 9 heteroatoms. The van der Waals surface area contributed by atoms with Crippen LogP contribution in [0.3, 0.4) is 0 Å². The summed E-state index contributed by atoms with van der Waals surface area (Å²) < 4.78 is 11.4. The fraction of sp³-hybridized carbons (Fsp3) is 0.440. The van der Waals surface area contributed by atoms with Crippen LogP contribution in [0.2, 0.25) is 0 Å². The van der Waals surface area contributed by atoms with E-state index in [9.17, 15) is 9.90 Å². The van der Waals surface area contributed by atoms with Gasteiger partial charge in [0.05, 0.1) is 5.56 Å². The zero-order valence-electron chi connectivity index (χ0n) is 20.3. The number of amides is 1. The standard InChI is InChI=1S/C25H32N4O5/c1-6-17-9-18(8-16(5)23(17)33-13-20(31)11-26-21(32)12-30)24-28-25(34-29-24)19-7-15(4)22(14(2)3)27-10-19/h7-10,14,20,30-31H,6,11-13H2,1-5H3,(H,26,32)/t20-/m0/s1. The third kappa shape index (κ3) is 5.98. The average molecular weight is 469 g/mol. The second kappa shape index (κ2) is 11.2. The van der Waals surface area contributed by atoms with E-state index >= 15 is 0 Å². The second-order valence-corrected chi connectivity index (χ2v) is 8.57. The SMILES string of the molecule is CCc1cc(-c2noc(-c3cnc(C(C)C)c(C)c3)n2)cc(C)c1OC[C@@H](O)CNC(=O)CO. The average Bonchev–Trinajstić information content (AvgIpc) is 3.31. The summed E-state index contributed by atoms with van der Waals surface area (Å²) in [6, 6.07) is 5.87. The quantitative estimate of drug-likeness (QED) is 0.414. The minimum Gasteiger partial charge on any atom is -0.490 e. The molecule has 0 spiro atoms. The van der Waals surface area contributed by atoms with Crippen LogP contribution in [0.25, 0.3) is 22.8 Å². The number of aromatic nitrogens is 3. The number of rotatable bonds is 10. The Morgan fingerprint density at radius 1 is 1.18 bits per heavy atom. The first kappa shape index (κ1) is 25.3. The Balaban J connectivity index is 1.78. The first-order valence-corrected chi connectivity index (χ1v) is 11.4. The van der Waals surface area contributed by atoms with Gasteiger partial charge in [-0.3, -0.25) is 9.78 Å². The van der Waals surface area contributed by atoms with Crippen molar-refractivity contribution >= 4 is 5.91 Å². The van der Waals surface area contributed by atoms with Crippen molar-refractivity contribution < 1.29 is 24.3 Å². The molecule has 182 valence electrons. The number of pyridine rings is 1. The largest absolute Gasteiger partial charge is 0.490 e. The molecular formula is C25H32N4O5. The number of hydrogen-bond donors (Lipinski definition) is 3. The molecule has 0 saturated heterocycles. The molecule has 0 aliphatic carbocycles. The van der Waals surface area contributed by atoms with E-state index in [1.54, 1.807) is 6.20 Å². The van der Waals surface area contributed by atoms with Crippen LogP contribution in [0.1, 0.15) is 49.1 Å². The molecule has 0 fully saturated rings. The number of carbonyl (C=O) groups excluding carboxylic acids is 1. The molecular weight excluding hydrogens is 436 g/mol. The van der Waals surface area contributed by atoms with Crippen LogP contribution in [0, 0.1) is 13.8 Å². The molecule has 0 unspecified atom stereocenters. The molecule has 3 rings (SSSR count). The van der Waals surface area contributed by atoms with Gasteiger partial charge in [0.2, 0.25) is 11.7 Å². The molecule has 3 aromatic rings. The number of hydrogen-bond acceptors (Lipinski definition) is 8. The lowest BCUT2D eigenvalue weighted by Crippen LogP contribution is -2.36. The van der Waals surface area contributed by atoms with E-state index in [1.165, 1.54) is 0 Å². The summed E-state index contributed by atoms with van der Waals surface area (Å²) in [6.07, 6.45) is 1.55. The van der Waals surface area contributed by atoms with Crippen molar-refractivity contribution in [1.82, 2.24) is 20.4 Å². The number of aliphatic hydroxyl groups excluding tert-OH is 2. The fourth-order valence-electron chi connectivity index (χ4n) is 3.74. The van der Waals surface area contributed by atoms with Crippen LogP contribution < -0.4 is 10.1 Å². The Morgan fingerprint density at radius 2 is 1.91 bits per heavy atom. The number of ether oxygens (including phenoxy) is 1. The highest BCUT2D eigenvalue weighted by molar-refractivity contribution is 5.76. The van der Waals surface area contributed by atoms with Crippen LogP contribution >= 0.6 is 0 Å². The first-order valence-electron chi connectivity index (χ1n) is 11.4. The summed E-state index contributed by atoms with van der Waals surface area (Å²) in [5.74, 6) is 1.34. The molecule has 34 heavy (non-hydrogen) atoms. The zero-order valence-corrected chi connectivity index (χ0v) is 20.3. The Kier molecular flexibility index (Phi) is 8.36. The second-order valence-electron chi connectivity index (χ2n) is 8.57. The highest BCUT2D eigenvalue weighted by atomic mass is 16.5. The topological polar surface area (TPSA) is 131 Å². The van der Waals surface area contributed by atoms with E-state index in [0.29, 0.717) is 29.8 Å². The van der Waals surface area contributed by atoms with Gasteiger partial charge in [-0.05, 0) is 61.1 Å². The van der Waals surface area contributed by atoms with Gasteiger partial charge in [-0.1, -0.05) is 25.9 Å². The van der Waals surface area contributed by atoms with E-state index in [2.05, 4.69) is 34.3 Å². The Labute approximate surface area is 199 Å². The lowest BCUT2D eigenvalue weighted by Gasteiger charge is -2.17. The predicted molar refractivity (Wildman–Crippen MR) is 128 cm³/mol. The lowest BCUT2D eigenvalue weighted by atomic mass is 10.0. The van der Waals surface area contributed by atoms with Crippen molar-refractivity contribution in [2.24, 2.45) is 0 Å². The molecule has 0 radical (unpaired) electrons. The minimum absolute atomic E-state index is 0.00387. The third-order valence-corrected chi connectivity index (χ3v) is 5.43. The highest BCUT2D eigenvalue weighted by Gasteiger charge is 2.17. The van der Waals surface area contributed by atoms with Gasteiger partial charge in [0.15, 0.2) is 0 Å². The van der Waals surface area contributed by atoms with Gasteiger partial charge in [-0.15, -0.1) is 0 Å². The van der Waals surface area contributed by atoms with Crippen LogP contribution in [0.15, 0.2) is 28.9 Å². The lowest BCUT2D eigenvalue weighted by molar-refractivity contribution is -0.124. The van der Waals surface area contributed by atoms with E-state index in [1.807, 2.05) is 39.0 Å². The van der Waals surface area contributed by atoms with Crippen LogP contribution in [-0.2, 0) is 11.2 Å². The Hall–Kier alpha value is -3.30. The van der Waals surface area contributed by atoms with Crippen LogP contribution in [0.5, 0.6) is 5.75 Å². The monoisotopic (exact) mass is 468 g/mol. The molecule has 1 aromatic carbocycles. The van der Waals surface area contributed by atoms with Crippen molar-refractivity contribution in [3.8, 4) is 28.6 Å². The predicted octanol–water partition coefficient (Wildman–Crippen LogP) is 2.95. The Bertz CT molecular complexity index is 1140. The number of nitrogens with zero attached hydrogens (tertiary/aromatic N) is 3. The maximum absolute atomic E-state index is 11.1. The minimum atomic E-state index is -0.904. The zero-order chi connectivity index (χ0) is 24.8. The van der Waals surface area contributed by atoms with Gasteiger partial charge in [0.1, 0.15) is 25.1 Å². The number of aliphatic hydroxyl groups is 2. The normalized spacial score (nSPS) is 12.1. The first-order chi connectivity index (χ1) is 16.2. The fourth-order valence-corrected chi connectivity index (χ4v) is 3.74. The van der Waals surface area contributed by atoms with E-state index < -0.39 is 18.6 Å². The number of nitrogens with one attached hydrogen (secondary N) is 1. The van der Waals surface area contributed by atoms with Gasteiger partial charge in [-0.25, -0.2) is 0 Å². The van der Waals surface area contributed by atoms with Gasteiger partial charge in [0.25, 0.3) is 5.89 Å². The van der Waals surface area contributed by atoms with Gasteiger partial charge in [0, 0.05) is 24.0 Å². The summed E-state index contributed by atoms with van der Waals surface area (Å²) in [4.78, 5) is 20.3. The molecule has 2 aromatic heterocycles. The van der Waals surface area contributed by atoms with Crippen molar-refractivity contribution in [3.63, 3.8) is 0 Å². The number of aryl methyl sites for hydroxylation is 3. The van der Waals surface area contributed by atoms with Gasteiger partial charge in [-0.2, -0.15) is 4.98 Å². The molecule has 9 nitrogen and oxygen atoms in total. The molecule has 0 aliphatic rings. The van der Waals surface area contributed by atoms with Crippen molar-refractivity contribution in [2.75, 3.05) is 19.8 Å². The number of benzene rings is 1. The van der Waals surface area contributed by atoms with Crippen molar-refractivity contribution in [1.29, 1.82) is 0 Å². The summed E-state index contributed by atoms with van der Waals surface area (Å²) in [7, 11) is 0. The van der Waals surface area contributed by atoms with Crippen molar-refractivity contribution in [2.45, 2.75) is 53.1 Å². The highest BCUT2D eigenvalue weighted by Crippen LogP contribution is 2.31. The molecule has 3 N–H and O–H groups in total. The third-order valence-electron chi connectivity index (χ3n) is 5.43. The maximum atomic E-state index is 11.1. The molecule has 1 atom stereocenters. The summed E-state index contributed by atoms with van der Waals surface area (Å²) in [6.45, 7) is 9.54. The molecule has 2 heterocycles. The van der Waals surface area contributed by atoms with E-state index in [-0.39, 0.29) is 13.2 Å². The molecule has 0 bridgehead atoms. The molecule has 1 amide bonds.